The summed E-state index contributed by atoms with van der Waals surface area (Å²) in [5.41, 5.74) is 0. The van der Waals surface area contributed by atoms with Crippen LogP contribution < -0.4 is 0 Å². The largest absolute Gasteiger partial charge is 0.412 e. The van der Waals surface area contributed by atoms with Gasteiger partial charge in [0.25, 0.3) is 0 Å². The summed E-state index contributed by atoms with van der Waals surface area (Å²) >= 11 is -0.876. The van der Waals surface area contributed by atoms with Gasteiger partial charge in [0.05, 0.1) is 0 Å². The van der Waals surface area contributed by atoms with Gasteiger partial charge in [0.1, 0.15) is 0 Å². The Hall–Kier alpha value is 0.738. The van der Waals surface area contributed by atoms with Crippen molar-refractivity contribution in [2.45, 2.75) is 149 Å². The minimum atomic E-state index is -0.876. The Kier molecular flexibility index (Phi) is 34.7. The molecule has 4 N–H and O–H groups in total. The van der Waals surface area contributed by atoms with E-state index in [-0.39, 0.29) is 11.0 Å². The minimum Gasteiger partial charge on any atom is -0.412 e. The van der Waals surface area contributed by atoms with E-state index >= 15 is 0 Å². The molecule has 2 nitrogen and oxygen atoms in total. The smallest absolute Gasteiger partial charge is 0.412 e. The summed E-state index contributed by atoms with van der Waals surface area (Å²) in [6.45, 7) is 6.98. The fourth-order valence-electron chi connectivity index (χ4n) is 3.68. The van der Waals surface area contributed by atoms with Crippen LogP contribution in [0.4, 0.5) is 0 Å². The molecule has 0 aromatic rings. The van der Waals surface area contributed by atoms with Crippen LogP contribution >= 0.6 is 0 Å². The monoisotopic (exact) mass is 496 g/mol. The molecule has 0 unspecified atom stereocenters. The van der Waals surface area contributed by atoms with Crippen LogP contribution in [0.5, 0.6) is 0 Å². The van der Waals surface area contributed by atoms with Crippen molar-refractivity contribution in [3.63, 3.8) is 0 Å². The van der Waals surface area contributed by atoms with Gasteiger partial charge in [-0.2, -0.15) is 0 Å². The quantitative estimate of drug-likeness (QED) is 0.114. The molecule has 0 atom stereocenters. The van der Waals surface area contributed by atoms with E-state index in [4.69, 9.17) is 0 Å². The molecular formula is C24H55O2Sb. The second-order valence-corrected chi connectivity index (χ2v) is 15.8. The molecule has 0 heterocycles. The standard InChI is InChI=1S/3C8H17.2H2O.Sb/c3*1-3-5-7-8-6-4-2;;;/h3*1,3-8H2,2H3;2*1H2;. The van der Waals surface area contributed by atoms with Gasteiger partial charge in [-0.05, 0) is 0 Å². The average molecular weight is 497 g/mol. The summed E-state index contributed by atoms with van der Waals surface area (Å²) in [5.74, 6) is 0. The van der Waals surface area contributed by atoms with Gasteiger partial charge in [-0.1, -0.05) is 0 Å². The summed E-state index contributed by atoms with van der Waals surface area (Å²) in [6, 6.07) is 0. The van der Waals surface area contributed by atoms with Crippen LogP contribution in [0.1, 0.15) is 136 Å². The molecule has 0 radical (unpaired) electrons. The van der Waals surface area contributed by atoms with Crippen LogP contribution in [-0.4, -0.2) is 31.2 Å². The van der Waals surface area contributed by atoms with Crippen LogP contribution in [0.25, 0.3) is 0 Å². The molecule has 0 aromatic carbocycles. The second-order valence-electron chi connectivity index (χ2n) is 8.14. The first-order chi connectivity index (χ1) is 12.3. The van der Waals surface area contributed by atoms with E-state index in [2.05, 4.69) is 20.8 Å². The van der Waals surface area contributed by atoms with Gasteiger partial charge in [0.2, 0.25) is 0 Å². The van der Waals surface area contributed by atoms with Gasteiger partial charge >= 0.3 is 170 Å². The van der Waals surface area contributed by atoms with Gasteiger partial charge in [0, 0.05) is 0 Å². The third-order valence-electron chi connectivity index (χ3n) is 5.48. The molecule has 0 saturated carbocycles. The van der Waals surface area contributed by atoms with Crippen molar-refractivity contribution >= 4 is 20.2 Å². The summed E-state index contributed by atoms with van der Waals surface area (Å²) in [6.07, 6.45) is 26.9. The molecule has 0 amide bonds. The summed E-state index contributed by atoms with van der Waals surface area (Å²) in [7, 11) is 0. The summed E-state index contributed by atoms with van der Waals surface area (Å²) < 4.78 is 5.12. The molecule has 27 heavy (non-hydrogen) atoms. The molecule has 3 heteroatoms. The molecule has 0 rings (SSSR count). The van der Waals surface area contributed by atoms with Crippen molar-refractivity contribution in [2.75, 3.05) is 0 Å². The topological polar surface area (TPSA) is 63.0 Å². The minimum absolute atomic E-state index is 0. The van der Waals surface area contributed by atoms with Gasteiger partial charge in [-0.25, -0.2) is 0 Å². The van der Waals surface area contributed by atoms with E-state index in [0.29, 0.717) is 0 Å². The van der Waals surface area contributed by atoms with Gasteiger partial charge in [-0.15, -0.1) is 0 Å². The molecule has 0 aliphatic carbocycles. The zero-order valence-electron chi connectivity index (χ0n) is 19.3. The maximum atomic E-state index is 2.33. The third-order valence-corrected chi connectivity index (χ3v) is 13.6. The molecule has 0 aliphatic heterocycles. The fourth-order valence-corrected chi connectivity index (χ4v) is 11.3. The van der Waals surface area contributed by atoms with Gasteiger partial charge in [0.15, 0.2) is 0 Å². The van der Waals surface area contributed by atoms with E-state index in [1.807, 2.05) is 0 Å². The van der Waals surface area contributed by atoms with E-state index in [9.17, 15) is 0 Å². The fraction of sp³-hybridized carbons (Fsp3) is 1.00. The van der Waals surface area contributed by atoms with Crippen LogP contribution in [-0.2, 0) is 0 Å². The zero-order valence-corrected chi connectivity index (χ0v) is 21.8. The number of hydrogen-bond donors (Lipinski definition) is 0. The maximum absolute atomic E-state index is 2.33. The maximum Gasteiger partial charge on any atom is -0.412 e. The van der Waals surface area contributed by atoms with Crippen LogP contribution in [0.15, 0.2) is 0 Å². The van der Waals surface area contributed by atoms with Gasteiger partial charge < -0.3 is 11.0 Å². The molecule has 0 spiro atoms. The van der Waals surface area contributed by atoms with Crippen LogP contribution in [0, 0.1) is 0 Å². The van der Waals surface area contributed by atoms with E-state index in [1.54, 1.807) is 32.4 Å². The molecule has 0 bridgehead atoms. The molecule has 0 fully saturated rings. The van der Waals surface area contributed by atoms with Crippen molar-refractivity contribution < 1.29 is 11.0 Å². The van der Waals surface area contributed by atoms with E-state index < -0.39 is 20.2 Å². The Bertz CT molecular complexity index is 198. The first-order valence-corrected chi connectivity index (χ1v) is 17.5. The summed E-state index contributed by atoms with van der Waals surface area (Å²) in [5, 5.41) is 0. The molecular weight excluding hydrogens is 442 g/mol. The summed E-state index contributed by atoms with van der Waals surface area (Å²) in [4.78, 5) is 0. The van der Waals surface area contributed by atoms with E-state index in [0.717, 1.165) is 0 Å². The Morgan fingerprint density at radius 3 is 0.815 bits per heavy atom. The Labute approximate surface area is 180 Å². The van der Waals surface area contributed by atoms with E-state index in [1.165, 1.54) is 96.3 Å². The Morgan fingerprint density at radius 1 is 0.333 bits per heavy atom. The zero-order chi connectivity index (χ0) is 18.4. The first kappa shape index (κ1) is 32.4. The second kappa shape index (κ2) is 28.9. The number of rotatable bonds is 21. The van der Waals surface area contributed by atoms with Crippen LogP contribution in [0.3, 0.4) is 0 Å². The Morgan fingerprint density at radius 2 is 0.556 bits per heavy atom. The normalized spacial score (nSPS) is 10.7. The van der Waals surface area contributed by atoms with Crippen molar-refractivity contribution in [2.24, 2.45) is 0 Å². The number of unbranched alkanes of at least 4 members (excludes halogenated alkanes) is 15. The SMILES string of the molecule is CCCCCCC[CH2][Sb]([CH2]CCCCCCC)[CH2]CCCCCCC.O.O. The third kappa shape index (κ3) is 26.7. The van der Waals surface area contributed by atoms with Crippen molar-refractivity contribution in [1.29, 1.82) is 0 Å². The molecule has 0 aromatic heterocycles. The van der Waals surface area contributed by atoms with Gasteiger partial charge in [-0.3, -0.25) is 0 Å². The van der Waals surface area contributed by atoms with Crippen molar-refractivity contribution in [3.05, 3.63) is 0 Å². The van der Waals surface area contributed by atoms with Crippen LogP contribution in [0.2, 0.25) is 13.1 Å². The predicted molar refractivity (Wildman–Crippen MR) is 128 cm³/mol. The molecule has 168 valence electrons. The predicted octanol–water partition coefficient (Wildman–Crippen LogP) is 7.91. The Balaban J connectivity index is -0.00000288. The average Bonchev–Trinajstić information content (AvgIpc) is 2.63. The first-order valence-electron chi connectivity index (χ1n) is 12.1. The number of hydrogen-bond acceptors (Lipinski definition) is 0. The molecule has 0 saturated heterocycles. The molecule has 0 aliphatic rings. The van der Waals surface area contributed by atoms with Crippen molar-refractivity contribution in [3.8, 4) is 0 Å². The van der Waals surface area contributed by atoms with Crippen molar-refractivity contribution in [1.82, 2.24) is 0 Å².